The first-order chi connectivity index (χ1) is 30.7. The van der Waals surface area contributed by atoms with Crippen LogP contribution in [0.2, 0.25) is 0 Å². The Bertz CT molecular complexity index is 3250. The minimum Gasteiger partial charge on any atom is -0.309 e. The van der Waals surface area contributed by atoms with Crippen molar-refractivity contribution in [3.05, 3.63) is 205 Å². The van der Waals surface area contributed by atoms with Crippen LogP contribution in [0.1, 0.15) is 16.7 Å². The predicted octanol–water partition coefficient (Wildman–Crippen LogP) is 13.7. The van der Waals surface area contributed by atoms with Crippen LogP contribution in [-0.4, -0.2) is 19.5 Å². The van der Waals surface area contributed by atoms with Gasteiger partial charge in [0.15, 0.2) is 17.5 Å². The largest absolute Gasteiger partial charge is 0.416 e. The molecule has 0 atom stereocenters. The monoisotopic (exact) mass is 820 g/mol. The second-order valence-corrected chi connectivity index (χ2v) is 15.0. The maximum Gasteiger partial charge on any atom is 0.416 e. The van der Waals surface area contributed by atoms with Crippen molar-refractivity contribution in [1.82, 2.24) is 19.5 Å². The molecule has 0 bridgehead atoms. The molecule has 0 aliphatic heterocycles. The van der Waals surface area contributed by atoms with Crippen LogP contribution >= 0.6 is 0 Å². The van der Waals surface area contributed by atoms with Crippen molar-refractivity contribution in [2.24, 2.45) is 0 Å². The van der Waals surface area contributed by atoms with Crippen molar-refractivity contribution >= 4 is 21.8 Å². The van der Waals surface area contributed by atoms with Gasteiger partial charge < -0.3 is 4.57 Å². The highest BCUT2D eigenvalue weighted by Gasteiger charge is 2.30. The quantitative estimate of drug-likeness (QED) is 0.160. The van der Waals surface area contributed by atoms with Gasteiger partial charge in [-0.25, -0.2) is 15.0 Å². The fraction of sp³-hybridized carbons (Fsp3) is 0.0185. The van der Waals surface area contributed by atoms with Gasteiger partial charge in [-0.05, 0) is 112 Å². The molecule has 0 radical (unpaired) electrons. The van der Waals surface area contributed by atoms with Crippen LogP contribution in [0.15, 0.2) is 188 Å². The number of nitriles is 2. The number of aromatic nitrogens is 4. The van der Waals surface area contributed by atoms with E-state index in [9.17, 15) is 23.7 Å². The summed E-state index contributed by atoms with van der Waals surface area (Å²) in [5, 5.41) is 20.8. The average Bonchev–Trinajstić information content (AvgIpc) is 3.67. The molecule has 0 aliphatic carbocycles. The van der Waals surface area contributed by atoms with Crippen molar-refractivity contribution in [2.75, 3.05) is 0 Å². The third-order valence-electron chi connectivity index (χ3n) is 11.2. The van der Waals surface area contributed by atoms with Crippen LogP contribution in [0.3, 0.4) is 0 Å². The maximum absolute atomic E-state index is 13.9. The first kappa shape index (κ1) is 38.5. The summed E-state index contributed by atoms with van der Waals surface area (Å²) in [5.41, 5.74) is 10.2. The summed E-state index contributed by atoms with van der Waals surface area (Å²) in [4.78, 5) is 14.8. The molecule has 0 aliphatic rings. The van der Waals surface area contributed by atoms with Crippen LogP contribution in [-0.2, 0) is 6.18 Å². The van der Waals surface area contributed by atoms with E-state index in [1.165, 1.54) is 12.1 Å². The van der Waals surface area contributed by atoms with Crippen LogP contribution in [0.5, 0.6) is 0 Å². The molecule has 2 aromatic heterocycles. The van der Waals surface area contributed by atoms with Gasteiger partial charge >= 0.3 is 6.18 Å². The van der Waals surface area contributed by atoms with E-state index in [1.54, 1.807) is 24.3 Å². The van der Waals surface area contributed by atoms with E-state index in [2.05, 4.69) is 41.0 Å². The summed E-state index contributed by atoms with van der Waals surface area (Å²) < 4.78 is 43.9. The molecule has 0 spiro atoms. The predicted molar refractivity (Wildman–Crippen MR) is 241 cm³/mol. The number of fused-ring (bicyclic) bond motifs is 3. The average molecular weight is 821 g/mol. The summed E-state index contributed by atoms with van der Waals surface area (Å²) in [6.07, 6.45) is -4.51. The number of hydrogen-bond acceptors (Lipinski definition) is 5. The Morgan fingerprint density at radius 1 is 0.397 bits per heavy atom. The third kappa shape index (κ3) is 7.35. The minimum atomic E-state index is -4.51. The Hall–Kier alpha value is -8.66. The lowest BCUT2D eigenvalue weighted by Gasteiger charge is -2.16. The van der Waals surface area contributed by atoms with Gasteiger partial charge in [0.05, 0.1) is 39.9 Å². The van der Waals surface area contributed by atoms with Crippen LogP contribution in [0, 0.1) is 22.7 Å². The first-order valence-electron chi connectivity index (χ1n) is 20.0. The molecular formula is C54H31F3N6. The summed E-state index contributed by atoms with van der Waals surface area (Å²) in [6, 6.07) is 62.1. The lowest BCUT2D eigenvalue weighted by atomic mass is 9.97. The zero-order valence-electron chi connectivity index (χ0n) is 33.2. The number of halogens is 3. The molecule has 9 heteroatoms. The smallest absolute Gasteiger partial charge is 0.309 e. The second kappa shape index (κ2) is 15.7. The Kier molecular flexibility index (Phi) is 9.63. The molecule has 0 amide bonds. The van der Waals surface area contributed by atoms with Gasteiger partial charge in [-0.2, -0.15) is 23.7 Å². The van der Waals surface area contributed by atoms with E-state index in [0.717, 1.165) is 73.0 Å². The number of hydrogen-bond donors (Lipinski definition) is 0. The van der Waals surface area contributed by atoms with Crippen molar-refractivity contribution in [3.8, 4) is 85.4 Å². The number of rotatable bonds is 7. The van der Waals surface area contributed by atoms with E-state index in [4.69, 9.17) is 15.0 Å². The van der Waals surface area contributed by atoms with E-state index >= 15 is 0 Å². The number of benzene rings is 8. The molecule has 6 nitrogen and oxygen atoms in total. The van der Waals surface area contributed by atoms with Gasteiger partial charge in [-0.3, -0.25) is 0 Å². The molecule has 10 aromatic rings. The first-order valence-corrected chi connectivity index (χ1v) is 20.0. The second-order valence-electron chi connectivity index (χ2n) is 15.0. The topological polar surface area (TPSA) is 91.2 Å². The molecule has 2 heterocycles. The molecular weight excluding hydrogens is 790 g/mol. The van der Waals surface area contributed by atoms with Gasteiger partial charge in [-0.1, -0.05) is 109 Å². The van der Waals surface area contributed by atoms with E-state index in [0.29, 0.717) is 45.3 Å². The highest BCUT2D eigenvalue weighted by molar-refractivity contribution is 6.12. The van der Waals surface area contributed by atoms with Crippen molar-refractivity contribution in [3.63, 3.8) is 0 Å². The summed E-state index contributed by atoms with van der Waals surface area (Å²) >= 11 is 0. The molecule has 0 saturated carbocycles. The van der Waals surface area contributed by atoms with Gasteiger partial charge in [0.25, 0.3) is 0 Å². The number of nitrogens with zero attached hydrogens (tertiary/aromatic N) is 6. The number of alkyl halides is 3. The molecule has 0 fully saturated rings. The highest BCUT2D eigenvalue weighted by Crippen LogP contribution is 2.41. The summed E-state index contributed by atoms with van der Waals surface area (Å²) in [5.74, 6) is 1.28. The van der Waals surface area contributed by atoms with Crippen LogP contribution < -0.4 is 0 Å². The van der Waals surface area contributed by atoms with E-state index < -0.39 is 11.7 Å². The maximum atomic E-state index is 13.9. The zero-order chi connectivity index (χ0) is 43.1. The van der Waals surface area contributed by atoms with Crippen LogP contribution in [0.4, 0.5) is 13.2 Å². The molecule has 8 aromatic carbocycles. The molecule has 63 heavy (non-hydrogen) atoms. The molecule has 0 N–H and O–H groups in total. The summed E-state index contributed by atoms with van der Waals surface area (Å²) in [7, 11) is 0. The zero-order valence-corrected chi connectivity index (χ0v) is 33.2. The van der Waals surface area contributed by atoms with Crippen molar-refractivity contribution in [2.45, 2.75) is 6.18 Å². The van der Waals surface area contributed by atoms with Crippen molar-refractivity contribution < 1.29 is 13.2 Å². The highest BCUT2D eigenvalue weighted by atomic mass is 19.4. The fourth-order valence-corrected chi connectivity index (χ4v) is 8.01. The molecule has 0 saturated heterocycles. The van der Waals surface area contributed by atoms with E-state index in [-0.39, 0.29) is 0 Å². The fourth-order valence-electron chi connectivity index (χ4n) is 8.01. The van der Waals surface area contributed by atoms with Gasteiger partial charge in [-0.15, -0.1) is 0 Å². The Balaban J connectivity index is 1.21. The van der Waals surface area contributed by atoms with Gasteiger partial charge in [0.2, 0.25) is 0 Å². The Labute approximate surface area is 360 Å². The normalized spacial score (nSPS) is 11.4. The minimum absolute atomic E-state index is 0.366. The molecule has 0 unspecified atom stereocenters. The lowest BCUT2D eigenvalue weighted by Crippen LogP contribution is -2.04. The molecule has 10 rings (SSSR count). The summed E-state index contributed by atoms with van der Waals surface area (Å²) in [6.45, 7) is 0. The van der Waals surface area contributed by atoms with Crippen LogP contribution in [0.25, 0.3) is 95.0 Å². The Morgan fingerprint density at radius 3 is 1.30 bits per heavy atom. The molecule has 298 valence electrons. The van der Waals surface area contributed by atoms with E-state index in [1.807, 2.05) is 115 Å². The lowest BCUT2D eigenvalue weighted by molar-refractivity contribution is -0.137. The van der Waals surface area contributed by atoms with Gasteiger partial charge in [0, 0.05) is 33.2 Å². The third-order valence-corrected chi connectivity index (χ3v) is 11.2. The standard InChI is InChI=1S/C54H31F3N6/c55-54(56,57)43-23-19-38(20-24-43)46-31-44(25-26-45(46)53-61-51(39-7-3-1-4-8-39)60-52(62-53)40-9-5-2-6-10-40)63-49-27-21-41(36-15-11-34(32-58)12-16-36)29-47(49)48-30-42(22-28-50(48)63)37-17-13-35(33-59)14-18-37/h1-31H. The van der Waals surface area contributed by atoms with Gasteiger partial charge in [0.1, 0.15) is 0 Å². The van der Waals surface area contributed by atoms with Crippen molar-refractivity contribution in [1.29, 1.82) is 10.5 Å². The SMILES string of the molecule is N#Cc1ccc(-c2ccc3c(c2)c2cc(-c4ccc(C#N)cc4)ccc2n3-c2ccc(-c3nc(-c4ccccc4)nc(-c4ccccc4)n3)c(-c3ccc(C(F)(F)F)cc3)c2)cc1. The Morgan fingerprint density at radius 2 is 0.841 bits per heavy atom.